The van der Waals surface area contributed by atoms with E-state index in [1.807, 2.05) is 5.32 Å². The van der Waals surface area contributed by atoms with Crippen molar-refractivity contribution >= 4 is 17.3 Å². The zero-order valence-electron chi connectivity index (χ0n) is 15.6. The number of nitrogens with zero attached hydrogens (tertiary/aromatic N) is 3. The number of carbonyl (C=O) groups excluding carboxylic acids is 1. The first-order chi connectivity index (χ1) is 14.0. The minimum atomic E-state index is -4.70. The molecular formula is C18H14F4N4O4. The highest BCUT2D eigenvalue weighted by Gasteiger charge is 2.31. The number of carbonyl (C=O) groups is 1. The normalized spacial score (nSPS) is 11.5. The van der Waals surface area contributed by atoms with Crippen molar-refractivity contribution in [1.82, 2.24) is 9.78 Å². The second kappa shape index (κ2) is 7.61. The number of hydrogen-bond donors (Lipinski definition) is 1. The summed E-state index contributed by atoms with van der Waals surface area (Å²) in [6.45, 7) is 2.96. The number of nitrogens with one attached hydrogen (secondary N) is 1. The van der Waals surface area contributed by atoms with Crippen molar-refractivity contribution < 1.29 is 31.7 Å². The van der Waals surface area contributed by atoms with E-state index < -0.39 is 34.1 Å². The van der Waals surface area contributed by atoms with Gasteiger partial charge in [-0.05, 0) is 44.2 Å². The fourth-order valence-corrected chi connectivity index (χ4v) is 2.82. The Balaban J connectivity index is 1.78. The molecule has 0 saturated heterocycles. The molecule has 0 bridgehead atoms. The Morgan fingerprint density at radius 2 is 1.97 bits per heavy atom. The Hall–Kier alpha value is -3.70. The average Bonchev–Trinajstić information content (AvgIpc) is 3.20. The number of hydrogen-bond acceptors (Lipinski definition) is 5. The first-order valence-electron chi connectivity index (χ1n) is 8.42. The van der Waals surface area contributed by atoms with Crippen LogP contribution in [0.25, 0.3) is 0 Å². The van der Waals surface area contributed by atoms with Gasteiger partial charge in [0.05, 0.1) is 22.7 Å². The van der Waals surface area contributed by atoms with Crippen molar-refractivity contribution in [2.24, 2.45) is 0 Å². The van der Waals surface area contributed by atoms with Crippen LogP contribution in [0.3, 0.4) is 0 Å². The molecule has 0 aliphatic heterocycles. The van der Waals surface area contributed by atoms with Crippen LogP contribution in [-0.2, 0) is 12.7 Å². The lowest BCUT2D eigenvalue weighted by Crippen LogP contribution is -2.14. The number of halogens is 4. The summed E-state index contributed by atoms with van der Waals surface area (Å²) in [7, 11) is 0. The van der Waals surface area contributed by atoms with Crippen molar-refractivity contribution in [2.75, 3.05) is 5.32 Å². The van der Waals surface area contributed by atoms with Gasteiger partial charge in [0.25, 0.3) is 5.91 Å². The van der Waals surface area contributed by atoms with E-state index in [1.165, 1.54) is 30.7 Å². The SMILES string of the molecule is Cc1nn(Cc2ccc(C(=O)Nc3cc(C(F)(F)F)ccc3F)o2)c(C)c1[N+](=O)[O-]. The number of rotatable bonds is 5. The molecule has 3 aromatic rings. The van der Waals surface area contributed by atoms with Gasteiger partial charge in [0.15, 0.2) is 5.76 Å². The maximum atomic E-state index is 13.8. The number of furan rings is 1. The van der Waals surface area contributed by atoms with Crippen molar-refractivity contribution in [2.45, 2.75) is 26.6 Å². The summed E-state index contributed by atoms with van der Waals surface area (Å²) in [4.78, 5) is 22.7. The molecule has 12 heteroatoms. The Morgan fingerprint density at radius 1 is 1.27 bits per heavy atom. The van der Waals surface area contributed by atoms with Crippen molar-refractivity contribution in [3.05, 3.63) is 74.7 Å². The number of nitro groups is 1. The lowest BCUT2D eigenvalue weighted by Gasteiger charge is -2.10. The van der Waals surface area contributed by atoms with Crippen molar-refractivity contribution in [3.8, 4) is 0 Å². The molecule has 0 aliphatic carbocycles. The van der Waals surface area contributed by atoms with Crippen LogP contribution < -0.4 is 5.32 Å². The molecule has 30 heavy (non-hydrogen) atoms. The van der Waals surface area contributed by atoms with E-state index in [0.29, 0.717) is 18.2 Å². The van der Waals surface area contributed by atoms with Gasteiger partial charge in [0, 0.05) is 0 Å². The number of benzene rings is 1. The third kappa shape index (κ3) is 4.16. The van der Waals surface area contributed by atoms with E-state index in [9.17, 15) is 32.5 Å². The summed E-state index contributed by atoms with van der Waals surface area (Å²) in [6.07, 6.45) is -4.70. The van der Waals surface area contributed by atoms with Gasteiger partial charge in [-0.15, -0.1) is 0 Å². The third-order valence-electron chi connectivity index (χ3n) is 4.26. The first kappa shape index (κ1) is 21.0. The summed E-state index contributed by atoms with van der Waals surface area (Å²) in [5, 5.41) is 17.2. The molecule has 0 unspecified atom stereocenters. The molecule has 0 saturated carbocycles. The predicted molar refractivity (Wildman–Crippen MR) is 95.5 cm³/mol. The Kier molecular flexibility index (Phi) is 5.33. The largest absolute Gasteiger partial charge is 0.454 e. The number of anilines is 1. The molecule has 2 aromatic heterocycles. The van der Waals surface area contributed by atoms with E-state index >= 15 is 0 Å². The van der Waals surface area contributed by atoms with E-state index in [2.05, 4.69) is 5.10 Å². The zero-order chi connectivity index (χ0) is 22.2. The van der Waals surface area contributed by atoms with Crippen LogP contribution in [0.15, 0.2) is 34.7 Å². The van der Waals surface area contributed by atoms with Crippen LogP contribution in [0.2, 0.25) is 0 Å². The monoisotopic (exact) mass is 426 g/mol. The average molecular weight is 426 g/mol. The molecular weight excluding hydrogens is 412 g/mol. The Bertz CT molecular complexity index is 1130. The van der Waals surface area contributed by atoms with Crippen molar-refractivity contribution in [1.29, 1.82) is 0 Å². The third-order valence-corrected chi connectivity index (χ3v) is 4.26. The highest BCUT2D eigenvalue weighted by Crippen LogP contribution is 2.32. The van der Waals surface area contributed by atoms with Crippen molar-refractivity contribution in [3.63, 3.8) is 0 Å². The molecule has 0 radical (unpaired) electrons. The summed E-state index contributed by atoms with van der Waals surface area (Å²) in [6, 6.07) is 4.29. The number of aromatic nitrogens is 2. The number of alkyl halides is 3. The van der Waals surface area contributed by atoms with Gasteiger partial charge in [-0.3, -0.25) is 19.6 Å². The van der Waals surface area contributed by atoms with Gasteiger partial charge in [0.1, 0.15) is 23.0 Å². The Labute approximate surface area is 166 Å². The topological polar surface area (TPSA) is 103 Å². The highest BCUT2D eigenvalue weighted by atomic mass is 19.4. The smallest absolute Gasteiger partial charge is 0.416 e. The van der Waals surface area contributed by atoms with Crippen LogP contribution in [0.1, 0.15) is 33.3 Å². The fourth-order valence-electron chi connectivity index (χ4n) is 2.82. The second-order valence-corrected chi connectivity index (χ2v) is 6.35. The van der Waals surface area contributed by atoms with Gasteiger partial charge >= 0.3 is 11.9 Å². The van der Waals surface area contributed by atoms with Crippen LogP contribution in [-0.4, -0.2) is 20.6 Å². The number of amides is 1. The molecule has 2 heterocycles. The minimum Gasteiger partial charge on any atom is -0.454 e. The lowest BCUT2D eigenvalue weighted by molar-refractivity contribution is -0.386. The maximum Gasteiger partial charge on any atom is 0.416 e. The van der Waals surface area contributed by atoms with Gasteiger partial charge in [-0.1, -0.05) is 0 Å². The van der Waals surface area contributed by atoms with Crippen LogP contribution >= 0.6 is 0 Å². The molecule has 3 rings (SSSR count). The summed E-state index contributed by atoms with van der Waals surface area (Å²) in [5.74, 6) is -2.07. The summed E-state index contributed by atoms with van der Waals surface area (Å²) in [5.41, 5.74) is -1.42. The Morgan fingerprint density at radius 3 is 2.57 bits per heavy atom. The zero-order valence-corrected chi connectivity index (χ0v) is 15.6. The van der Waals surface area contributed by atoms with Gasteiger partial charge in [-0.25, -0.2) is 4.39 Å². The molecule has 8 nitrogen and oxygen atoms in total. The number of aryl methyl sites for hydroxylation is 1. The van der Waals surface area contributed by atoms with E-state index in [0.717, 1.165) is 0 Å². The van der Waals surface area contributed by atoms with Gasteiger partial charge in [0.2, 0.25) is 0 Å². The highest BCUT2D eigenvalue weighted by molar-refractivity contribution is 6.02. The van der Waals surface area contributed by atoms with E-state index in [4.69, 9.17) is 4.42 Å². The molecule has 0 aliphatic rings. The summed E-state index contributed by atoms with van der Waals surface area (Å²) >= 11 is 0. The molecule has 0 atom stereocenters. The standard InChI is InChI=1S/C18H14F4N4O4/c1-9-16(26(28)29)10(2)25(24-9)8-12-4-6-15(30-12)17(27)23-14-7-11(18(20,21)22)3-5-13(14)19/h3-7H,8H2,1-2H3,(H,23,27). The van der Waals surface area contributed by atoms with Gasteiger partial charge in [-0.2, -0.15) is 18.3 Å². The fraction of sp³-hybridized carbons (Fsp3) is 0.222. The molecule has 0 spiro atoms. The lowest BCUT2D eigenvalue weighted by atomic mass is 10.2. The molecule has 1 N–H and O–H groups in total. The maximum absolute atomic E-state index is 13.8. The second-order valence-electron chi connectivity index (χ2n) is 6.35. The first-order valence-corrected chi connectivity index (χ1v) is 8.42. The van der Waals surface area contributed by atoms with Crippen LogP contribution in [0, 0.1) is 29.8 Å². The molecule has 158 valence electrons. The summed E-state index contributed by atoms with van der Waals surface area (Å²) < 4.78 is 58.8. The molecule has 1 aromatic carbocycles. The minimum absolute atomic E-state index is 0.0221. The van der Waals surface area contributed by atoms with Crippen LogP contribution in [0.4, 0.5) is 28.9 Å². The van der Waals surface area contributed by atoms with Gasteiger partial charge < -0.3 is 9.73 Å². The van der Waals surface area contributed by atoms with E-state index in [1.54, 1.807) is 0 Å². The quantitative estimate of drug-likeness (QED) is 0.369. The molecule has 1 amide bonds. The predicted octanol–water partition coefficient (Wildman–Crippen LogP) is 4.46. The molecule has 0 fully saturated rings. The van der Waals surface area contributed by atoms with Crippen LogP contribution in [0.5, 0.6) is 0 Å². The van der Waals surface area contributed by atoms with E-state index in [-0.39, 0.29) is 35.1 Å².